The van der Waals surface area contributed by atoms with Crippen LogP contribution in [0.25, 0.3) is 0 Å². The molecule has 2 aromatic carbocycles. The molecule has 0 aliphatic rings. The van der Waals surface area contributed by atoms with Crippen molar-refractivity contribution in [3.05, 3.63) is 48.5 Å². The molecule has 0 saturated carbocycles. The molecule has 0 amide bonds. The van der Waals surface area contributed by atoms with E-state index < -0.39 is 19.7 Å². The van der Waals surface area contributed by atoms with E-state index in [1.165, 1.54) is 0 Å². The van der Waals surface area contributed by atoms with Crippen molar-refractivity contribution >= 4 is 38.3 Å². The van der Waals surface area contributed by atoms with Gasteiger partial charge in [-0.2, -0.15) is 0 Å². The van der Waals surface area contributed by atoms with Crippen LogP contribution < -0.4 is 18.6 Å². The Balaban J connectivity index is 2.32. The molecule has 0 aromatic heterocycles. The molecule has 4 heteroatoms. The Kier molecular flexibility index (Phi) is 3.24. The minimum absolute atomic E-state index is 0.692. The van der Waals surface area contributed by atoms with E-state index in [2.05, 4.69) is 0 Å². The molecule has 0 aliphatic carbocycles. The summed E-state index contributed by atoms with van der Waals surface area (Å²) >= 11 is -2.92. The molecule has 80 valence electrons. The number of anilines is 2. The maximum atomic E-state index is 12.3. The van der Waals surface area contributed by atoms with E-state index in [4.69, 9.17) is 11.5 Å². The molecule has 0 atom stereocenters. The van der Waals surface area contributed by atoms with Crippen molar-refractivity contribution < 1.29 is 3.08 Å². The molecule has 0 saturated heterocycles. The Hall–Kier alpha value is -1.36. The molecule has 2 rings (SSSR count). The second kappa shape index (κ2) is 4.65. The first kappa shape index (κ1) is 11.1. The van der Waals surface area contributed by atoms with Gasteiger partial charge in [0.05, 0.1) is 0 Å². The predicted molar refractivity (Wildman–Crippen MR) is 67.4 cm³/mol. The summed E-state index contributed by atoms with van der Waals surface area (Å²) in [4.78, 5) is 0. The zero-order valence-corrected chi connectivity index (χ0v) is 11.5. The van der Waals surface area contributed by atoms with Gasteiger partial charge < -0.3 is 0 Å². The summed E-state index contributed by atoms with van der Waals surface area (Å²) in [6, 6.07) is 14.5. The summed E-state index contributed by atoms with van der Waals surface area (Å²) in [5.74, 6) is 0. The fraction of sp³-hybridized carbons (Fsp3) is 0. The van der Waals surface area contributed by atoms with Crippen LogP contribution in [0.3, 0.4) is 0 Å². The average molecular weight is 319 g/mol. The summed E-state index contributed by atoms with van der Waals surface area (Å²) in [5.41, 5.74) is 12.6. The van der Waals surface area contributed by atoms with Crippen molar-refractivity contribution in [2.24, 2.45) is 0 Å². The second-order valence-electron chi connectivity index (χ2n) is 3.57. The Morgan fingerprint density at radius 1 is 0.688 bits per heavy atom. The third kappa shape index (κ3) is 2.41. The molecule has 0 aliphatic heterocycles. The standard InChI is InChI=1S/2C6H6N.O.Sn/c2*7-6-4-2-1-3-5-6;;/h2*2-5H,7H2;;. The van der Waals surface area contributed by atoms with Crippen LogP contribution in [0.4, 0.5) is 11.4 Å². The van der Waals surface area contributed by atoms with Crippen molar-refractivity contribution in [2.45, 2.75) is 0 Å². The zero-order valence-electron chi connectivity index (χ0n) is 8.68. The molecule has 0 fully saturated rings. The van der Waals surface area contributed by atoms with Crippen LogP contribution in [-0.4, -0.2) is 19.7 Å². The van der Waals surface area contributed by atoms with E-state index >= 15 is 0 Å². The molecule has 0 bridgehead atoms. The fourth-order valence-corrected chi connectivity index (χ4v) is 5.07. The van der Waals surface area contributed by atoms with Crippen LogP contribution in [0.2, 0.25) is 0 Å². The third-order valence-electron chi connectivity index (χ3n) is 2.35. The van der Waals surface area contributed by atoms with Gasteiger partial charge in [-0.25, -0.2) is 0 Å². The van der Waals surface area contributed by atoms with Crippen molar-refractivity contribution in [1.29, 1.82) is 0 Å². The zero-order chi connectivity index (χ0) is 11.5. The number of hydrogen-bond donors (Lipinski definition) is 2. The molecule has 0 spiro atoms. The minimum atomic E-state index is -2.92. The SMILES string of the molecule is Nc1cc[c]([Sn](=[O])[c]2ccc(N)cc2)cc1. The molecule has 4 N–H and O–H groups in total. The van der Waals surface area contributed by atoms with Gasteiger partial charge in [-0.15, -0.1) is 0 Å². The van der Waals surface area contributed by atoms with E-state index in [1.54, 1.807) is 24.3 Å². The molecule has 2 aromatic rings. The van der Waals surface area contributed by atoms with Gasteiger partial charge in [0.15, 0.2) is 0 Å². The Labute approximate surface area is 101 Å². The van der Waals surface area contributed by atoms with Crippen LogP contribution in [0.5, 0.6) is 0 Å². The van der Waals surface area contributed by atoms with Gasteiger partial charge in [-0.1, -0.05) is 0 Å². The third-order valence-corrected chi connectivity index (χ3v) is 7.24. The van der Waals surface area contributed by atoms with Crippen LogP contribution in [-0.2, 0) is 3.08 Å². The van der Waals surface area contributed by atoms with Crippen LogP contribution >= 0.6 is 0 Å². The van der Waals surface area contributed by atoms with E-state index in [0.29, 0.717) is 11.4 Å². The van der Waals surface area contributed by atoms with Gasteiger partial charge in [0, 0.05) is 0 Å². The summed E-state index contributed by atoms with van der Waals surface area (Å²) < 4.78 is 14.1. The Morgan fingerprint density at radius 3 is 1.31 bits per heavy atom. The molecular weight excluding hydrogens is 307 g/mol. The van der Waals surface area contributed by atoms with Crippen LogP contribution in [0.15, 0.2) is 48.5 Å². The average Bonchev–Trinajstić information content (AvgIpc) is 2.30. The van der Waals surface area contributed by atoms with Crippen molar-refractivity contribution in [3.63, 3.8) is 0 Å². The van der Waals surface area contributed by atoms with E-state index in [1.807, 2.05) is 24.3 Å². The van der Waals surface area contributed by atoms with Gasteiger partial charge in [0.1, 0.15) is 0 Å². The van der Waals surface area contributed by atoms with E-state index in [0.717, 1.165) is 7.16 Å². The summed E-state index contributed by atoms with van der Waals surface area (Å²) in [5, 5.41) is 0. The van der Waals surface area contributed by atoms with Crippen LogP contribution in [0, 0.1) is 0 Å². The maximum absolute atomic E-state index is 12.3. The Bertz CT molecular complexity index is 458. The fourth-order valence-electron chi connectivity index (χ4n) is 1.44. The predicted octanol–water partition coefficient (Wildman–Crippen LogP) is 0.387. The van der Waals surface area contributed by atoms with Crippen LogP contribution in [0.1, 0.15) is 0 Å². The van der Waals surface area contributed by atoms with Gasteiger partial charge >= 0.3 is 101 Å². The normalized spacial score (nSPS) is 10.0. The Morgan fingerprint density at radius 2 is 1.00 bits per heavy atom. The first-order chi connectivity index (χ1) is 7.66. The summed E-state index contributed by atoms with van der Waals surface area (Å²) in [7, 11) is 0. The number of nitrogen functional groups attached to an aromatic ring is 2. The first-order valence-electron chi connectivity index (χ1n) is 4.92. The molecule has 3 nitrogen and oxygen atoms in total. The van der Waals surface area contributed by atoms with Gasteiger partial charge in [0.2, 0.25) is 0 Å². The molecule has 0 unspecified atom stereocenters. The monoisotopic (exact) mass is 320 g/mol. The quantitative estimate of drug-likeness (QED) is 0.621. The molecule has 0 heterocycles. The molecular formula is C12H12N2OSn. The molecule has 0 radical (unpaired) electrons. The van der Waals surface area contributed by atoms with Crippen molar-refractivity contribution in [3.8, 4) is 0 Å². The van der Waals surface area contributed by atoms with Gasteiger partial charge in [0.25, 0.3) is 0 Å². The number of hydrogen-bond acceptors (Lipinski definition) is 3. The second-order valence-corrected chi connectivity index (χ2v) is 8.75. The topological polar surface area (TPSA) is 69.1 Å². The summed E-state index contributed by atoms with van der Waals surface area (Å²) in [6.07, 6.45) is 0. The van der Waals surface area contributed by atoms with E-state index in [-0.39, 0.29) is 0 Å². The number of nitrogens with two attached hydrogens (primary N) is 2. The number of rotatable bonds is 2. The van der Waals surface area contributed by atoms with Gasteiger partial charge in [-0.3, -0.25) is 0 Å². The first-order valence-corrected chi connectivity index (χ1v) is 8.94. The molecule has 16 heavy (non-hydrogen) atoms. The van der Waals surface area contributed by atoms with E-state index in [9.17, 15) is 3.08 Å². The van der Waals surface area contributed by atoms with Crippen molar-refractivity contribution in [2.75, 3.05) is 11.5 Å². The number of benzene rings is 2. The van der Waals surface area contributed by atoms with Gasteiger partial charge in [-0.05, 0) is 0 Å². The van der Waals surface area contributed by atoms with Crippen molar-refractivity contribution in [1.82, 2.24) is 0 Å². The summed E-state index contributed by atoms with van der Waals surface area (Å²) in [6.45, 7) is 0.